The van der Waals surface area contributed by atoms with Crippen molar-refractivity contribution in [2.24, 2.45) is 0 Å². The summed E-state index contributed by atoms with van der Waals surface area (Å²) in [4.78, 5) is 0. The molecule has 24 heavy (non-hydrogen) atoms. The highest BCUT2D eigenvalue weighted by Crippen LogP contribution is 2.33. The van der Waals surface area contributed by atoms with E-state index in [1.165, 1.54) is 0 Å². The van der Waals surface area contributed by atoms with Gasteiger partial charge in [0, 0.05) is 10.8 Å². The van der Waals surface area contributed by atoms with E-state index < -0.39 is 6.10 Å². The van der Waals surface area contributed by atoms with E-state index in [2.05, 4.69) is 19.9 Å². The molecule has 3 nitrogen and oxygen atoms in total. The molecule has 0 aliphatic carbocycles. The standard InChI is InChI=1S/C21H30O3/c1-3-5-7-10-17(22)16-24-21-14-13-20(23-15-6-4-2)18-11-8-9-12-19(18)21/h8-9,11-14,17,22H,3-7,10,15-16H2,1-2H3. The van der Waals surface area contributed by atoms with Crippen LogP contribution < -0.4 is 9.47 Å². The second kappa shape index (κ2) is 10.2. The normalized spacial score (nSPS) is 12.3. The van der Waals surface area contributed by atoms with E-state index >= 15 is 0 Å². The monoisotopic (exact) mass is 330 g/mol. The predicted octanol–water partition coefficient (Wildman–Crippen LogP) is 5.34. The Bertz CT molecular complexity index is 609. The molecule has 132 valence electrons. The molecule has 0 radical (unpaired) electrons. The summed E-state index contributed by atoms with van der Waals surface area (Å²) in [6, 6.07) is 12.0. The van der Waals surface area contributed by atoms with Crippen molar-refractivity contribution in [3.8, 4) is 11.5 Å². The predicted molar refractivity (Wildman–Crippen MR) is 100.0 cm³/mol. The van der Waals surface area contributed by atoms with Crippen LogP contribution in [0.2, 0.25) is 0 Å². The average Bonchev–Trinajstić information content (AvgIpc) is 2.61. The van der Waals surface area contributed by atoms with Crippen LogP contribution in [0.15, 0.2) is 36.4 Å². The van der Waals surface area contributed by atoms with Crippen LogP contribution in [-0.2, 0) is 0 Å². The highest BCUT2D eigenvalue weighted by atomic mass is 16.5. The van der Waals surface area contributed by atoms with Crippen LogP contribution in [0.5, 0.6) is 11.5 Å². The first-order valence-corrected chi connectivity index (χ1v) is 9.21. The summed E-state index contributed by atoms with van der Waals surface area (Å²) < 4.78 is 11.8. The lowest BCUT2D eigenvalue weighted by molar-refractivity contribution is 0.0984. The summed E-state index contributed by atoms with van der Waals surface area (Å²) >= 11 is 0. The Hall–Kier alpha value is -1.74. The molecule has 2 aromatic carbocycles. The highest BCUT2D eigenvalue weighted by molar-refractivity contribution is 5.93. The third kappa shape index (κ3) is 5.41. The van der Waals surface area contributed by atoms with Crippen LogP contribution in [0, 0.1) is 0 Å². The zero-order chi connectivity index (χ0) is 17.2. The van der Waals surface area contributed by atoms with E-state index in [1.807, 2.05) is 30.3 Å². The van der Waals surface area contributed by atoms with E-state index in [9.17, 15) is 5.11 Å². The van der Waals surface area contributed by atoms with Crippen LogP contribution >= 0.6 is 0 Å². The van der Waals surface area contributed by atoms with E-state index in [1.54, 1.807) is 0 Å². The molecule has 0 heterocycles. The Morgan fingerprint density at radius 1 is 0.833 bits per heavy atom. The molecule has 0 aliphatic rings. The minimum atomic E-state index is -0.407. The SMILES string of the molecule is CCCCCC(O)COc1ccc(OCCCC)c2ccccc12. The topological polar surface area (TPSA) is 38.7 Å². The maximum absolute atomic E-state index is 10.1. The van der Waals surface area contributed by atoms with Crippen molar-refractivity contribution in [1.29, 1.82) is 0 Å². The zero-order valence-corrected chi connectivity index (χ0v) is 15.0. The molecule has 0 bridgehead atoms. The number of aliphatic hydroxyl groups is 1. The Morgan fingerprint density at radius 2 is 1.46 bits per heavy atom. The van der Waals surface area contributed by atoms with Crippen LogP contribution in [-0.4, -0.2) is 24.4 Å². The van der Waals surface area contributed by atoms with Gasteiger partial charge in [-0.3, -0.25) is 0 Å². The zero-order valence-electron chi connectivity index (χ0n) is 15.0. The molecule has 3 heteroatoms. The molecular formula is C21H30O3. The summed E-state index contributed by atoms with van der Waals surface area (Å²) in [6.45, 7) is 5.39. The third-order valence-corrected chi connectivity index (χ3v) is 4.17. The second-order valence-corrected chi connectivity index (χ2v) is 6.27. The maximum Gasteiger partial charge on any atom is 0.127 e. The van der Waals surface area contributed by atoms with Gasteiger partial charge in [-0.05, 0) is 25.0 Å². The van der Waals surface area contributed by atoms with E-state index in [-0.39, 0.29) is 0 Å². The molecule has 2 rings (SSSR count). The minimum Gasteiger partial charge on any atom is -0.493 e. The van der Waals surface area contributed by atoms with Gasteiger partial charge in [0.2, 0.25) is 0 Å². The number of rotatable bonds is 11. The van der Waals surface area contributed by atoms with Gasteiger partial charge in [0.15, 0.2) is 0 Å². The van der Waals surface area contributed by atoms with Crippen molar-refractivity contribution in [2.75, 3.05) is 13.2 Å². The first-order valence-electron chi connectivity index (χ1n) is 9.21. The maximum atomic E-state index is 10.1. The van der Waals surface area contributed by atoms with Gasteiger partial charge in [-0.25, -0.2) is 0 Å². The summed E-state index contributed by atoms with van der Waals surface area (Å²) in [5.41, 5.74) is 0. The molecule has 0 aromatic heterocycles. The van der Waals surface area contributed by atoms with Crippen LogP contribution in [0.1, 0.15) is 52.4 Å². The van der Waals surface area contributed by atoms with E-state index in [0.29, 0.717) is 6.61 Å². The summed E-state index contributed by atoms with van der Waals surface area (Å²) in [7, 11) is 0. The number of unbranched alkanes of at least 4 members (excludes halogenated alkanes) is 3. The molecule has 0 fully saturated rings. The summed E-state index contributed by atoms with van der Waals surface area (Å²) in [6.07, 6.45) is 5.93. The molecule has 2 aromatic rings. The Balaban J connectivity index is 2.04. The van der Waals surface area contributed by atoms with Gasteiger partial charge in [-0.2, -0.15) is 0 Å². The van der Waals surface area contributed by atoms with Crippen LogP contribution in [0.25, 0.3) is 10.8 Å². The van der Waals surface area contributed by atoms with Gasteiger partial charge in [-0.15, -0.1) is 0 Å². The third-order valence-electron chi connectivity index (χ3n) is 4.17. The molecule has 0 spiro atoms. The van der Waals surface area contributed by atoms with Crippen molar-refractivity contribution >= 4 is 10.8 Å². The number of aliphatic hydroxyl groups excluding tert-OH is 1. The van der Waals surface area contributed by atoms with Gasteiger partial charge >= 0.3 is 0 Å². The molecule has 0 amide bonds. The Labute approximate surface area is 145 Å². The molecular weight excluding hydrogens is 300 g/mol. The molecule has 1 atom stereocenters. The number of hydrogen-bond acceptors (Lipinski definition) is 3. The van der Waals surface area contributed by atoms with Crippen molar-refractivity contribution in [3.63, 3.8) is 0 Å². The quantitative estimate of drug-likeness (QED) is 0.565. The second-order valence-electron chi connectivity index (χ2n) is 6.27. The first-order chi connectivity index (χ1) is 11.8. The van der Waals surface area contributed by atoms with Crippen LogP contribution in [0.3, 0.4) is 0 Å². The van der Waals surface area contributed by atoms with Gasteiger partial charge in [0.1, 0.15) is 18.1 Å². The minimum absolute atomic E-state index is 0.337. The van der Waals surface area contributed by atoms with Gasteiger partial charge in [0.25, 0.3) is 0 Å². The van der Waals surface area contributed by atoms with Crippen LogP contribution in [0.4, 0.5) is 0 Å². The fourth-order valence-corrected chi connectivity index (χ4v) is 2.72. The number of benzene rings is 2. The Morgan fingerprint density at radius 3 is 2.08 bits per heavy atom. The first kappa shape index (κ1) is 18.6. The Kier molecular flexibility index (Phi) is 7.90. The summed E-state index contributed by atoms with van der Waals surface area (Å²) in [5, 5.41) is 12.2. The lowest BCUT2D eigenvalue weighted by atomic mass is 10.1. The van der Waals surface area contributed by atoms with Crippen molar-refractivity contribution < 1.29 is 14.6 Å². The van der Waals surface area contributed by atoms with Gasteiger partial charge < -0.3 is 14.6 Å². The molecule has 0 saturated heterocycles. The van der Waals surface area contributed by atoms with E-state index in [0.717, 1.165) is 67.4 Å². The molecule has 1 unspecified atom stereocenters. The van der Waals surface area contributed by atoms with Gasteiger partial charge in [-0.1, -0.05) is 63.8 Å². The molecule has 1 N–H and O–H groups in total. The lowest BCUT2D eigenvalue weighted by Gasteiger charge is -2.15. The van der Waals surface area contributed by atoms with E-state index in [4.69, 9.17) is 9.47 Å². The van der Waals surface area contributed by atoms with Crippen molar-refractivity contribution in [1.82, 2.24) is 0 Å². The van der Waals surface area contributed by atoms with Gasteiger partial charge in [0.05, 0.1) is 12.7 Å². The fraction of sp³-hybridized carbons (Fsp3) is 0.524. The average molecular weight is 330 g/mol. The van der Waals surface area contributed by atoms with Crippen molar-refractivity contribution in [2.45, 2.75) is 58.5 Å². The number of fused-ring (bicyclic) bond motifs is 1. The fourth-order valence-electron chi connectivity index (χ4n) is 2.72. The lowest BCUT2D eigenvalue weighted by Crippen LogP contribution is -2.17. The largest absolute Gasteiger partial charge is 0.493 e. The number of hydrogen-bond donors (Lipinski definition) is 1. The smallest absolute Gasteiger partial charge is 0.127 e. The summed E-state index contributed by atoms with van der Waals surface area (Å²) in [5.74, 6) is 1.71. The molecule has 0 aliphatic heterocycles. The number of ether oxygens (including phenoxy) is 2. The van der Waals surface area contributed by atoms with Crippen molar-refractivity contribution in [3.05, 3.63) is 36.4 Å². The molecule has 0 saturated carbocycles. The highest BCUT2D eigenvalue weighted by Gasteiger charge is 2.10.